The smallest absolute Gasteiger partial charge is 0.169 e. The summed E-state index contributed by atoms with van der Waals surface area (Å²) < 4.78 is 6.31. The van der Waals surface area contributed by atoms with Crippen LogP contribution in [0, 0.1) is 28.6 Å². The van der Waals surface area contributed by atoms with E-state index in [0.717, 1.165) is 32.1 Å². The summed E-state index contributed by atoms with van der Waals surface area (Å²) in [5.74, 6) is 1.17. The minimum absolute atomic E-state index is 0.0118. The van der Waals surface area contributed by atoms with Gasteiger partial charge in [-0.1, -0.05) is 13.8 Å². The second-order valence-corrected chi connectivity index (χ2v) is 8.74. The van der Waals surface area contributed by atoms with Crippen LogP contribution in [0.5, 0.6) is 0 Å². The molecule has 1 aliphatic heterocycles. The van der Waals surface area contributed by atoms with E-state index >= 15 is 0 Å². The largest absolute Gasteiger partial charge is 0.393 e. The minimum atomic E-state index is -0.795. The van der Waals surface area contributed by atoms with Crippen molar-refractivity contribution in [2.24, 2.45) is 28.6 Å². The first-order valence-corrected chi connectivity index (χ1v) is 8.88. The molecule has 0 aromatic rings. The van der Waals surface area contributed by atoms with Crippen molar-refractivity contribution in [2.75, 3.05) is 6.61 Å². The molecule has 4 fully saturated rings. The van der Waals surface area contributed by atoms with Crippen LogP contribution in [-0.2, 0) is 9.53 Å². The lowest BCUT2D eigenvalue weighted by Gasteiger charge is -2.59. The molecule has 3 saturated carbocycles. The van der Waals surface area contributed by atoms with Crippen molar-refractivity contribution in [3.05, 3.63) is 0 Å². The van der Waals surface area contributed by atoms with Crippen LogP contribution in [-0.4, -0.2) is 40.9 Å². The van der Waals surface area contributed by atoms with Gasteiger partial charge in [-0.3, -0.25) is 4.79 Å². The first-order valence-electron chi connectivity index (χ1n) is 8.88. The Labute approximate surface area is 132 Å². The Hall–Kier alpha value is -0.450. The van der Waals surface area contributed by atoms with Gasteiger partial charge in [-0.15, -0.1) is 0 Å². The minimum Gasteiger partial charge on any atom is -0.393 e. The van der Waals surface area contributed by atoms with Crippen LogP contribution in [0.25, 0.3) is 0 Å². The van der Waals surface area contributed by atoms with E-state index in [2.05, 4.69) is 6.92 Å². The third kappa shape index (κ3) is 1.83. The van der Waals surface area contributed by atoms with Gasteiger partial charge in [-0.25, -0.2) is 0 Å². The molecule has 3 aliphatic carbocycles. The number of aliphatic hydroxyl groups excluding tert-OH is 2. The van der Waals surface area contributed by atoms with Crippen LogP contribution in [0.15, 0.2) is 0 Å². The van der Waals surface area contributed by atoms with E-state index in [1.165, 1.54) is 0 Å². The van der Waals surface area contributed by atoms with Gasteiger partial charge in [0, 0.05) is 0 Å². The third-order valence-corrected chi connectivity index (χ3v) is 7.63. The summed E-state index contributed by atoms with van der Waals surface area (Å²) in [5.41, 5.74) is -0.363. The Morgan fingerprint density at radius 3 is 2.68 bits per heavy atom. The topological polar surface area (TPSA) is 66.8 Å². The van der Waals surface area contributed by atoms with Crippen molar-refractivity contribution in [1.29, 1.82) is 0 Å². The molecule has 4 rings (SSSR count). The van der Waals surface area contributed by atoms with E-state index in [4.69, 9.17) is 4.74 Å². The number of ketones is 1. The predicted octanol–water partition coefficient (Wildman–Crippen LogP) is 1.92. The Morgan fingerprint density at radius 1 is 1.14 bits per heavy atom. The SMILES string of the molecule is C[C@]12CC[C@@H](O)C[C@H]1CC[C@@H]1[C@@H]2OC[C@]2(C)C(=O)[C@@H](O)C[C@@H]12. The lowest BCUT2D eigenvalue weighted by Crippen LogP contribution is -2.59. The summed E-state index contributed by atoms with van der Waals surface area (Å²) in [6.07, 6.45) is 4.82. The molecular weight excluding hydrogens is 280 g/mol. The fraction of sp³-hybridized carbons (Fsp3) is 0.944. The van der Waals surface area contributed by atoms with E-state index < -0.39 is 11.5 Å². The van der Waals surface area contributed by atoms with Crippen LogP contribution < -0.4 is 0 Å². The Balaban J connectivity index is 1.64. The molecule has 124 valence electrons. The second-order valence-electron chi connectivity index (χ2n) is 8.74. The normalized spacial score (nSPS) is 57.9. The highest BCUT2D eigenvalue weighted by Crippen LogP contribution is 2.61. The van der Waals surface area contributed by atoms with E-state index in [0.29, 0.717) is 24.9 Å². The fourth-order valence-electron chi connectivity index (χ4n) is 6.24. The highest BCUT2D eigenvalue weighted by atomic mass is 16.5. The number of fused-ring (bicyclic) bond motifs is 5. The fourth-order valence-corrected chi connectivity index (χ4v) is 6.24. The summed E-state index contributed by atoms with van der Waals surface area (Å²) in [6, 6.07) is 0. The van der Waals surface area contributed by atoms with Crippen LogP contribution in [0.2, 0.25) is 0 Å². The molecule has 0 aromatic heterocycles. The van der Waals surface area contributed by atoms with Crippen molar-refractivity contribution in [3.8, 4) is 0 Å². The van der Waals surface area contributed by atoms with E-state index in [-0.39, 0.29) is 29.3 Å². The van der Waals surface area contributed by atoms with E-state index in [9.17, 15) is 15.0 Å². The molecule has 0 spiro atoms. The molecular formula is C18H28O4. The van der Waals surface area contributed by atoms with Crippen molar-refractivity contribution < 1.29 is 19.7 Å². The highest BCUT2D eigenvalue weighted by Gasteiger charge is 2.63. The first kappa shape index (κ1) is 15.1. The Morgan fingerprint density at radius 2 is 1.91 bits per heavy atom. The molecule has 0 radical (unpaired) electrons. The van der Waals surface area contributed by atoms with Crippen molar-refractivity contribution in [2.45, 2.75) is 70.7 Å². The lowest BCUT2D eigenvalue weighted by atomic mass is 9.51. The van der Waals surface area contributed by atoms with Gasteiger partial charge in [-0.2, -0.15) is 0 Å². The van der Waals surface area contributed by atoms with Crippen molar-refractivity contribution in [3.63, 3.8) is 0 Å². The zero-order chi connectivity index (χ0) is 15.7. The van der Waals surface area contributed by atoms with Gasteiger partial charge in [-0.05, 0) is 61.7 Å². The molecule has 1 saturated heterocycles. The summed E-state index contributed by atoms with van der Waals surface area (Å²) in [7, 11) is 0. The summed E-state index contributed by atoms with van der Waals surface area (Å²) in [6.45, 7) is 4.78. The quantitative estimate of drug-likeness (QED) is 0.717. The molecule has 22 heavy (non-hydrogen) atoms. The van der Waals surface area contributed by atoms with E-state index in [1.807, 2.05) is 6.92 Å². The van der Waals surface area contributed by atoms with Gasteiger partial charge in [0.25, 0.3) is 0 Å². The van der Waals surface area contributed by atoms with Gasteiger partial charge in [0.2, 0.25) is 0 Å². The number of Topliss-reactive ketones (excluding diaryl/α,β-unsaturated/α-hetero) is 1. The van der Waals surface area contributed by atoms with Gasteiger partial charge in [0.1, 0.15) is 6.10 Å². The van der Waals surface area contributed by atoms with Crippen LogP contribution in [0.3, 0.4) is 0 Å². The highest BCUT2D eigenvalue weighted by molar-refractivity contribution is 5.91. The Kier molecular flexibility index (Phi) is 3.28. The molecule has 0 amide bonds. The zero-order valence-corrected chi connectivity index (χ0v) is 13.6. The molecule has 8 atom stereocenters. The Bertz CT molecular complexity index is 491. The van der Waals surface area contributed by atoms with Gasteiger partial charge < -0.3 is 14.9 Å². The summed E-state index contributed by atoms with van der Waals surface area (Å²) >= 11 is 0. The van der Waals surface area contributed by atoms with Crippen LogP contribution in [0.1, 0.15) is 52.4 Å². The maximum Gasteiger partial charge on any atom is 0.169 e. The molecule has 0 unspecified atom stereocenters. The van der Waals surface area contributed by atoms with Crippen molar-refractivity contribution in [1.82, 2.24) is 0 Å². The van der Waals surface area contributed by atoms with Gasteiger partial charge >= 0.3 is 0 Å². The third-order valence-electron chi connectivity index (χ3n) is 7.63. The summed E-state index contributed by atoms with van der Waals surface area (Å²) in [5, 5.41) is 20.1. The average Bonchev–Trinajstić information content (AvgIpc) is 2.72. The molecule has 4 heteroatoms. The summed E-state index contributed by atoms with van der Waals surface area (Å²) in [4.78, 5) is 12.4. The predicted molar refractivity (Wildman–Crippen MR) is 81.1 cm³/mol. The standard InChI is InChI=1S/C18H28O4/c1-17-6-5-11(19)7-10(17)3-4-12-13-8-14(20)15(21)18(13,2)9-22-16(12)17/h10-14,16,19-20H,3-9H2,1-2H3/t10-,11-,12+,13+,14+,16+,17+,18+/m1/s1. The molecule has 1 heterocycles. The zero-order valence-electron chi connectivity index (χ0n) is 13.6. The number of ether oxygens (including phenoxy) is 1. The number of hydrogen-bond acceptors (Lipinski definition) is 4. The van der Waals surface area contributed by atoms with Gasteiger partial charge in [0.15, 0.2) is 5.78 Å². The van der Waals surface area contributed by atoms with Crippen molar-refractivity contribution >= 4 is 5.78 Å². The molecule has 4 nitrogen and oxygen atoms in total. The molecule has 0 bridgehead atoms. The van der Waals surface area contributed by atoms with Gasteiger partial charge in [0.05, 0.1) is 24.2 Å². The first-order chi connectivity index (χ1) is 10.4. The monoisotopic (exact) mass is 308 g/mol. The number of carbonyl (C=O) groups excluding carboxylic acids is 1. The molecule has 4 aliphatic rings. The molecule has 2 N–H and O–H groups in total. The number of carbonyl (C=O) groups is 1. The average molecular weight is 308 g/mol. The molecule has 0 aromatic carbocycles. The number of aliphatic hydroxyl groups is 2. The second kappa shape index (κ2) is 4.78. The maximum atomic E-state index is 12.4. The van der Waals surface area contributed by atoms with E-state index in [1.54, 1.807) is 0 Å². The van der Waals surface area contributed by atoms with Crippen LogP contribution >= 0.6 is 0 Å². The lowest BCUT2D eigenvalue weighted by molar-refractivity contribution is -0.213. The maximum absolute atomic E-state index is 12.4. The number of hydrogen-bond donors (Lipinski definition) is 2. The van der Waals surface area contributed by atoms with Crippen LogP contribution in [0.4, 0.5) is 0 Å². The number of rotatable bonds is 0.